The van der Waals surface area contributed by atoms with Crippen molar-refractivity contribution in [1.82, 2.24) is 5.32 Å². The number of rotatable bonds is 11. The molecular formula is C23H32N2O4S. The summed E-state index contributed by atoms with van der Waals surface area (Å²) in [4.78, 5) is 12.4. The maximum atomic E-state index is 12.4. The highest BCUT2D eigenvalue weighted by Crippen LogP contribution is 2.24. The van der Waals surface area contributed by atoms with Crippen LogP contribution in [0.1, 0.15) is 36.5 Å². The van der Waals surface area contributed by atoms with Crippen LogP contribution in [-0.4, -0.2) is 40.3 Å². The van der Waals surface area contributed by atoms with Crippen molar-refractivity contribution in [3.05, 3.63) is 59.2 Å². The number of para-hydroxylation sites is 1. The van der Waals surface area contributed by atoms with Crippen LogP contribution in [0.15, 0.2) is 42.5 Å². The zero-order chi connectivity index (χ0) is 22.1. The van der Waals surface area contributed by atoms with Gasteiger partial charge >= 0.3 is 0 Å². The molecule has 0 atom stereocenters. The van der Waals surface area contributed by atoms with Gasteiger partial charge in [-0.1, -0.05) is 37.3 Å². The lowest BCUT2D eigenvalue weighted by molar-refractivity contribution is -0.119. The SMILES string of the molecule is CCCOc1ccccc1CCCNC(=O)CN(c1cc(C)ccc1C)S(C)(=O)=O. The van der Waals surface area contributed by atoms with Crippen molar-refractivity contribution < 1.29 is 17.9 Å². The normalized spacial score (nSPS) is 11.2. The van der Waals surface area contributed by atoms with Crippen molar-refractivity contribution in [2.75, 3.05) is 30.3 Å². The van der Waals surface area contributed by atoms with Crippen LogP contribution in [-0.2, 0) is 21.2 Å². The molecule has 0 bridgehead atoms. The van der Waals surface area contributed by atoms with E-state index in [1.54, 1.807) is 6.07 Å². The van der Waals surface area contributed by atoms with E-state index in [-0.39, 0.29) is 12.5 Å². The van der Waals surface area contributed by atoms with Crippen molar-refractivity contribution in [1.29, 1.82) is 0 Å². The number of hydrogen-bond donors (Lipinski definition) is 1. The molecule has 0 saturated heterocycles. The number of amides is 1. The maximum Gasteiger partial charge on any atom is 0.240 e. The van der Waals surface area contributed by atoms with E-state index in [4.69, 9.17) is 4.74 Å². The molecule has 0 radical (unpaired) electrons. The van der Waals surface area contributed by atoms with Crippen molar-refractivity contribution in [3.8, 4) is 5.75 Å². The Balaban J connectivity index is 1.94. The first-order valence-electron chi connectivity index (χ1n) is 10.2. The number of anilines is 1. The number of nitrogens with zero attached hydrogens (tertiary/aromatic N) is 1. The Hall–Kier alpha value is -2.54. The largest absolute Gasteiger partial charge is 0.493 e. The highest BCUT2D eigenvalue weighted by Gasteiger charge is 2.22. The number of ether oxygens (including phenoxy) is 1. The van der Waals surface area contributed by atoms with Gasteiger partial charge in [-0.25, -0.2) is 8.42 Å². The van der Waals surface area contributed by atoms with Crippen LogP contribution < -0.4 is 14.4 Å². The van der Waals surface area contributed by atoms with Crippen LogP contribution >= 0.6 is 0 Å². The van der Waals surface area contributed by atoms with E-state index in [2.05, 4.69) is 12.2 Å². The third kappa shape index (κ3) is 7.06. The fourth-order valence-corrected chi connectivity index (χ4v) is 4.03. The summed E-state index contributed by atoms with van der Waals surface area (Å²) in [6, 6.07) is 13.5. The van der Waals surface area contributed by atoms with E-state index in [1.807, 2.05) is 50.2 Å². The Morgan fingerprint density at radius 2 is 1.87 bits per heavy atom. The number of sulfonamides is 1. The lowest BCUT2D eigenvalue weighted by Crippen LogP contribution is -2.41. The first-order chi connectivity index (χ1) is 14.2. The van der Waals surface area contributed by atoms with Gasteiger partial charge in [-0.05, 0) is 61.9 Å². The molecule has 0 heterocycles. The summed E-state index contributed by atoms with van der Waals surface area (Å²) < 4.78 is 31.5. The summed E-state index contributed by atoms with van der Waals surface area (Å²) >= 11 is 0. The number of aryl methyl sites for hydroxylation is 3. The van der Waals surface area contributed by atoms with Gasteiger partial charge in [0.1, 0.15) is 12.3 Å². The second-order valence-corrected chi connectivity index (χ2v) is 9.38. The van der Waals surface area contributed by atoms with Crippen molar-refractivity contribution >= 4 is 21.6 Å². The molecule has 0 aliphatic carbocycles. The smallest absolute Gasteiger partial charge is 0.240 e. The van der Waals surface area contributed by atoms with E-state index in [0.29, 0.717) is 18.8 Å². The van der Waals surface area contributed by atoms with Crippen LogP contribution in [0.25, 0.3) is 0 Å². The highest BCUT2D eigenvalue weighted by molar-refractivity contribution is 7.92. The molecule has 0 aromatic heterocycles. The minimum absolute atomic E-state index is 0.237. The molecule has 0 fully saturated rings. The molecule has 0 aliphatic rings. The molecule has 6 nitrogen and oxygen atoms in total. The summed E-state index contributed by atoms with van der Waals surface area (Å²) in [7, 11) is -3.58. The topological polar surface area (TPSA) is 75.7 Å². The van der Waals surface area contributed by atoms with Gasteiger partial charge in [0.15, 0.2) is 0 Å². The highest BCUT2D eigenvalue weighted by atomic mass is 32.2. The maximum absolute atomic E-state index is 12.4. The van der Waals surface area contributed by atoms with Gasteiger partial charge < -0.3 is 10.1 Å². The van der Waals surface area contributed by atoms with E-state index in [1.165, 1.54) is 4.31 Å². The molecule has 0 saturated carbocycles. The van der Waals surface area contributed by atoms with Gasteiger partial charge in [0, 0.05) is 6.54 Å². The second kappa shape index (κ2) is 11.0. The predicted molar refractivity (Wildman–Crippen MR) is 122 cm³/mol. The summed E-state index contributed by atoms with van der Waals surface area (Å²) in [5.41, 5.74) is 3.39. The van der Waals surface area contributed by atoms with Gasteiger partial charge in [0.25, 0.3) is 0 Å². The molecular weight excluding hydrogens is 400 g/mol. The predicted octanol–water partition coefficient (Wildman–Crippen LogP) is 3.61. The van der Waals surface area contributed by atoms with Crippen molar-refractivity contribution in [2.24, 2.45) is 0 Å². The molecule has 0 unspecified atom stereocenters. The zero-order valence-electron chi connectivity index (χ0n) is 18.3. The number of hydrogen-bond acceptors (Lipinski definition) is 4. The molecule has 30 heavy (non-hydrogen) atoms. The van der Waals surface area contributed by atoms with Crippen LogP contribution in [0.4, 0.5) is 5.69 Å². The van der Waals surface area contributed by atoms with E-state index in [9.17, 15) is 13.2 Å². The fourth-order valence-electron chi connectivity index (χ4n) is 3.13. The molecule has 0 spiro atoms. The third-order valence-corrected chi connectivity index (χ3v) is 5.83. The van der Waals surface area contributed by atoms with Crippen molar-refractivity contribution in [2.45, 2.75) is 40.0 Å². The summed E-state index contributed by atoms with van der Waals surface area (Å²) in [5.74, 6) is 0.556. The molecule has 164 valence electrons. The monoisotopic (exact) mass is 432 g/mol. The molecule has 1 N–H and O–H groups in total. The van der Waals surface area contributed by atoms with E-state index < -0.39 is 10.0 Å². The molecule has 7 heteroatoms. The Kier molecular flexibility index (Phi) is 8.72. The third-order valence-electron chi connectivity index (χ3n) is 4.70. The standard InChI is InChI=1S/C23H32N2O4S/c1-5-15-29-22-11-7-6-9-20(22)10-8-14-24-23(26)17-25(30(4,27)28)21-16-18(2)12-13-19(21)3/h6-7,9,11-13,16H,5,8,10,14-15,17H2,1-4H3,(H,24,26). The molecule has 0 aliphatic heterocycles. The summed E-state index contributed by atoms with van der Waals surface area (Å²) in [5, 5.41) is 2.84. The summed E-state index contributed by atoms with van der Waals surface area (Å²) in [6.07, 6.45) is 3.57. The Morgan fingerprint density at radius 3 is 2.57 bits per heavy atom. The van der Waals surface area contributed by atoms with E-state index >= 15 is 0 Å². The van der Waals surface area contributed by atoms with Gasteiger partial charge in [0.2, 0.25) is 15.9 Å². The first kappa shape index (κ1) is 23.7. The van der Waals surface area contributed by atoms with Gasteiger partial charge in [-0.15, -0.1) is 0 Å². The van der Waals surface area contributed by atoms with Gasteiger partial charge in [-0.2, -0.15) is 0 Å². The summed E-state index contributed by atoms with van der Waals surface area (Å²) in [6.45, 7) is 6.70. The van der Waals surface area contributed by atoms with Crippen LogP contribution in [0.2, 0.25) is 0 Å². The Bertz CT molecular complexity index is 957. The van der Waals surface area contributed by atoms with Crippen LogP contribution in [0.3, 0.4) is 0 Å². The zero-order valence-corrected chi connectivity index (χ0v) is 19.1. The quantitative estimate of drug-likeness (QED) is 0.551. The number of nitrogens with one attached hydrogen (secondary N) is 1. The Labute approximate surface area is 180 Å². The molecule has 2 rings (SSSR count). The molecule has 1 amide bonds. The molecule has 2 aromatic carbocycles. The number of carbonyl (C=O) groups is 1. The lowest BCUT2D eigenvalue weighted by atomic mass is 10.1. The van der Waals surface area contributed by atoms with Gasteiger partial charge in [-0.3, -0.25) is 9.10 Å². The second-order valence-electron chi connectivity index (χ2n) is 7.47. The minimum atomic E-state index is -3.58. The average molecular weight is 433 g/mol. The van der Waals surface area contributed by atoms with E-state index in [0.717, 1.165) is 48.0 Å². The van der Waals surface area contributed by atoms with Crippen LogP contribution in [0, 0.1) is 13.8 Å². The average Bonchev–Trinajstić information content (AvgIpc) is 2.69. The van der Waals surface area contributed by atoms with Crippen molar-refractivity contribution in [3.63, 3.8) is 0 Å². The lowest BCUT2D eigenvalue weighted by Gasteiger charge is -2.24. The first-order valence-corrected chi connectivity index (χ1v) is 12.1. The van der Waals surface area contributed by atoms with Crippen LogP contribution in [0.5, 0.6) is 5.75 Å². The van der Waals surface area contributed by atoms with Gasteiger partial charge in [0.05, 0.1) is 18.6 Å². The fraction of sp³-hybridized carbons (Fsp3) is 0.435. The number of carbonyl (C=O) groups excluding carboxylic acids is 1. The Morgan fingerprint density at radius 1 is 1.13 bits per heavy atom. The number of benzene rings is 2. The molecule has 2 aromatic rings. The minimum Gasteiger partial charge on any atom is -0.493 e.